The molecule has 2 atom stereocenters. The minimum Gasteiger partial charge on any atom is -0.481 e. The van der Waals surface area contributed by atoms with Gasteiger partial charge in [0.2, 0.25) is 5.91 Å². The van der Waals surface area contributed by atoms with Gasteiger partial charge in [-0.25, -0.2) is 4.79 Å². The maximum atomic E-state index is 13.2. The number of unbranched alkanes of at least 4 members (excludes halogenated alkanes) is 1. The molecular weight excluding hydrogens is 536 g/mol. The SMILES string of the molecule is CCCC[C@@H](CC(=O)O)NC(=O)[C@H](CC(=O)OCc1ccccc1)NC(=O)OCC1c2ccccc2-c2ccccc21. The first-order valence-electron chi connectivity index (χ1n) is 14.2. The number of aliphatic carboxylic acids is 1. The highest BCUT2D eigenvalue weighted by Gasteiger charge is 2.31. The van der Waals surface area contributed by atoms with Crippen LogP contribution >= 0.6 is 0 Å². The van der Waals surface area contributed by atoms with Gasteiger partial charge in [-0.2, -0.15) is 0 Å². The smallest absolute Gasteiger partial charge is 0.407 e. The van der Waals surface area contributed by atoms with Crippen molar-refractivity contribution in [1.29, 1.82) is 0 Å². The summed E-state index contributed by atoms with van der Waals surface area (Å²) in [5.41, 5.74) is 5.02. The van der Waals surface area contributed by atoms with E-state index in [2.05, 4.69) is 10.6 Å². The van der Waals surface area contributed by atoms with E-state index in [9.17, 15) is 24.3 Å². The van der Waals surface area contributed by atoms with Crippen molar-refractivity contribution in [2.75, 3.05) is 6.61 Å². The van der Waals surface area contributed by atoms with Crippen LogP contribution in [0.3, 0.4) is 0 Å². The summed E-state index contributed by atoms with van der Waals surface area (Å²) >= 11 is 0. The number of carbonyl (C=O) groups excluding carboxylic acids is 3. The van der Waals surface area contributed by atoms with Crippen molar-refractivity contribution in [2.45, 2.75) is 63.6 Å². The Morgan fingerprint density at radius 2 is 1.43 bits per heavy atom. The summed E-state index contributed by atoms with van der Waals surface area (Å²) in [5.74, 6) is -2.61. The Morgan fingerprint density at radius 3 is 2.05 bits per heavy atom. The summed E-state index contributed by atoms with van der Waals surface area (Å²) < 4.78 is 10.9. The zero-order valence-corrected chi connectivity index (χ0v) is 23.6. The molecule has 3 N–H and O–H groups in total. The van der Waals surface area contributed by atoms with E-state index in [1.54, 1.807) is 12.1 Å². The van der Waals surface area contributed by atoms with E-state index < -0.39 is 42.4 Å². The van der Waals surface area contributed by atoms with Crippen LogP contribution in [0.4, 0.5) is 4.79 Å². The number of fused-ring (bicyclic) bond motifs is 3. The molecular formula is C33H36N2O7. The first-order valence-corrected chi connectivity index (χ1v) is 14.2. The minimum absolute atomic E-state index is 0.0110. The van der Waals surface area contributed by atoms with Crippen molar-refractivity contribution in [3.8, 4) is 11.1 Å². The van der Waals surface area contributed by atoms with E-state index >= 15 is 0 Å². The Balaban J connectivity index is 1.43. The van der Waals surface area contributed by atoms with Crippen LogP contribution in [0.15, 0.2) is 78.9 Å². The second-order valence-electron chi connectivity index (χ2n) is 10.3. The molecule has 0 unspecified atom stereocenters. The van der Waals surface area contributed by atoms with Crippen LogP contribution in [-0.2, 0) is 30.5 Å². The molecule has 0 aliphatic heterocycles. The number of ether oxygens (including phenoxy) is 2. The Bertz CT molecular complexity index is 1350. The number of benzene rings is 3. The number of rotatable bonds is 14. The summed E-state index contributed by atoms with van der Waals surface area (Å²) in [6, 6.07) is 23.0. The third-order valence-corrected chi connectivity index (χ3v) is 7.24. The molecule has 0 heterocycles. The zero-order valence-electron chi connectivity index (χ0n) is 23.6. The Hall–Kier alpha value is -4.66. The average molecular weight is 573 g/mol. The van der Waals surface area contributed by atoms with Crippen molar-refractivity contribution in [2.24, 2.45) is 0 Å². The number of hydrogen-bond acceptors (Lipinski definition) is 6. The van der Waals surface area contributed by atoms with Crippen LogP contribution < -0.4 is 10.6 Å². The lowest BCUT2D eigenvalue weighted by Gasteiger charge is -2.23. The van der Waals surface area contributed by atoms with Gasteiger partial charge in [-0.15, -0.1) is 0 Å². The fraction of sp³-hybridized carbons (Fsp3) is 0.333. The molecule has 1 aliphatic rings. The first-order chi connectivity index (χ1) is 20.4. The standard InChI is InChI=1S/C33H36N2O7/c1-2-3-13-23(18-30(36)37)34-32(39)29(19-31(38)41-20-22-11-5-4-6-12-22)35-33(40)42-21-28-26-16-9-7-14-24(26)25-15-8-10-17-27(25)28/h4-12,14-17,23,28-29H,2-3,13,18-21H2,1H3,(H,34,39)(H,35,40)(H,36,37)/t23-,29-/m0/s1. The van der Waals surface area contributed by atoms with Gasteiger partial charge < -0.3 is 25.2 Å². The van der Waals surface area contributed by atoms with Crippen LogP contribution in [0, 0.1) is 0 Å². The van der Waals surface area contributed by atoms with Crippen molar-refractivity contribution < 1.29 is 33.8 Å². The number of carboxylic acid groups (broad SMARTS) is 1. The maximum Gasteiger partial charge on any atom is 0.407 e. The lowest BCUT2D eigenvalue weighted by molar-refractivity contribution is -0.147. The summed E-state index contributed by atoms with van der Waals surface area (Å²) in [7, 11) is 0. The normalized spacial score (nSPS) is 13.3. The molecule has 2 amide bonds. The molecule has 9 nitrogen and oxygen atoms in total. The highest BCUT2D eigenvalue weighted by molar-refractivity contribution is 5.90. The number of carboxylic acids is 1. The van der Waals surface area contributed by atoms with Crippen LogP contribution in [-0.4, -0.2) is 47.7 Å². The van der Waals surface area contributed by atoms with E-state index in [4.69, 9.17) is 9.47 Å². The fourth-order valence-electron chi connectivity index (χ4n) is 5.14. The molecule has 4 rings (SSSR count). The number of esters is 1. The number of carbonyl (C=O) groups is 4. The minimum atomic E-state index is -1.32. The molecule has 0 fully saturated rings. The van der Waals surface area contributed by atoms with Gasteiger partial charge >= 0.3 is 18.0 Å². The number of alkyl carbamates (subject to hydrolysis) is 1. The molecule has 1 aliphatic carbocycles. The van der Waals surface area contributed by atoms with Crippen LogP contribution in [0.1, 0.15) is 61.6 Å². The molecule has 0 spiro atoms. The molecule has 0 bridgehead atoms. The van der Waals surface area contributed by atoms with E-state index in [1.807, 2.05) is 73.7 Å². The lowest BCUT2D eigenvalue weighted by atomic mass is 9.98. The Morgan fingerprint density at radius 1 is 0.810 bits per heavy atom. The van der Waals surface area contributed by atoms with E-state index in [0.717, 1.165) is 34.2 Å². The van der Waals surface area contributed by atoms with Crippen molar-refractivity contribution in [3.05, 3.63) is 95.6 Å². The van der Waals surface area contributed by atoms with Crippen molar-refractivity contribution in [1.82, 2.24) is 10.6 Å². The van der Waals surface area contributed by atoms with Gasteiger partial charge in [0.25, 0.3) is 0 Å². The van der Waals surface area contributed by atoms with E-state index in [1.165, 1.54) is 0 Å². The van der Waals surface area contributed by atoms with Gasteiger partial charge in [0.05, 0.1) is 12.8 Å². The Kier molecular flexibility index (Phi) is 10.7. The molecule has 42 heavy (non-hydrogen) atoms. The summed E-state index contributed by atoms with van der Waals surface area (Å²) in [4.78, 5) is 50.3. The average Bonchev–Trinajstić information content (AvgIpc) is 3.31. The van der Waals surface area contributed by atoms with Crippen molar-refractivity contribution >= 4 is 23.9 Å². The Labute approximate surface area is 245 Å². The van der Waals surface area contributed by atoms with Gasteiger partial charge in [-0.05, 0) is 34.2 Å². The number of nitrogens with one attached hydrogen (secondary N) is 2. The second kappa shape index (κ2) is 14.8. The monoisotopic (exact) mass is 572 g/mol. The molecule has 0 saturated heterocycles. The molecule has 0 aromatic heterocycles. The molecule has 220 valence electrons. The molecule has 0 saturated carbocycles. The van der Waals surface area contributed by atoms with E-state index in [-0.39, 0.29) is 25.6 Å². The van der Waals surface area contributed by atoms with Crippen LogP contribution in [0.5, 0.6) is 0 Å². The molecule has 0 radical (unpaired) electrons. The predicted octanol–water partition coefficient (Wildman–Crippen LogP) is 5.18. The summed E-state index contributed by atoms with van der Waals surface area (Å²) in [6.07, 6.45) is 0.389. The number of amides is 2. The topological polar surface area (TPSA) is 131 Å². The maximum absolute atomic E-state index is 13.2. The predicted molar refractivity (Wildman–Crippen MR) is 157 cm³/mol. The van der Waals surface area contributed by atoms with Crippen LogP contribution in [0.2, 0.25) is 0 Å². The van der Waals surface area contributed by atoms with Gasteiger partial charge in [-0.1, -0.05) is 98.6 Å². The third-order valence-electron chi connectivity index (χ3n) is 7.24. The lowest BCUT2D eigenvalue weighted by Crippen LogP contribution is -2.51. The molecule has 3 aromatic carbocycles. The summed E-state index contributed by atoms with van der Waals surface area (Å²) in [6.45, 7) is 2.01. The summed E-state index contributed by atoms with van der Waals surface area (Å²) in [5, 5.41) is 14.5. The largest absolute Gasteiger partial charge is 0.481 e. The van der Waals surface area contributed by atoms with Gasteiger partial charge in [0, 0.05) is 12.0 Å². The first kappa shape index (κ1) is 30.3. The van der Waals surface area contributed by atoms with Gasteiger partial charge in [-0.3, -0.25) is 14.4 Å². The number of hydrogen-bond donors (Lipinski definition) is 3. The van der Waals surface area contributed by atoms with Crippen LogP contribution in [0.25, 0.3) is 11.1 Å². The highest BCUT2D eigenvalue weighted by Crippen LogP contribution is 2.44. The molecule has 3 aromatic rings. The highest BCUT2D eigenvalue weighted by atomic mass is 16.5. The fourth-order valence-corrected chi connectivity index (χ4v) is 5.14. The zero-order chi connectivity index (χ0) is 29.9. The molecule has 9 heteroatoms. The van der Waals surface area contributed by atoms with Gasteiger partial charge in [0.1, 0.15) is 19.3 Å². The second-order valence-corrected chi connectivity index (χ2v) is 10.3. The van der Waals surface area contributed by atoms with E-state index in [0.29, 0.717) is 12.8 Å². The third kappa shape index (κ3) is 8.19. The quantitative estimate of drug-likeness (QED) is 0.227. The van der Waals surface area contributed by atoms with Gasteiger partial charge in [0.15, 0.2) is 0 Å². The van der Waals surface area contributed by atoms with Crippen molar-refractivity contribution in [3.63, 3.8) is 0 Å².